The number of amides is 1. The van der Waals surface area contributed by atoms with Gasteiger partial charge >= 0.3 is 5.97 Å². The molecule has 0 N–H and O–H groups in total. The predicted octanol–water partition coefficient (Wildman–Crippen LogP) is 4.08. The topological polar surface area (TPSA) is 46.6 Å². The molecule has 4 nitrogen and oxygen atoms in total. The van der Waals surface area contributed by atoms with E-state index in [9.17, 15) is 9.59 Å². The number of benzene rings is 1. The molecule has 4 bridgehead atoms. The Bertz CT molecular complexity index is 808. The lowest BCUT2D eigenvalue weighted by Gasteiger charge is -2.58. The fourth-order valence-electron chi connectivity index (χ4n) is 6.67. The molecule has 0 radical (unpaired) electrons. The van der Waals surface area contributed by atoms with E-state index >= 15 is 0 Å². The summed E-state index contributed by atoms with van der Waals surface area (Å²) in [5.41, 5.74) is 2.03. The van der Waals surface area contributed by atoms with Gasteiger partial charge in [-0.3, -0.25) is 9.59 Å². The van der Waals surface area contributed by atoms with Gasteiger partial charge in [-0.25, -0.2) is 0 Å². The summed E-state index contributed by atoms with van der Waals surface area (Å²) in [5, 5.41) is 0. The maximum atomic E-state index is 13.2. The van der Waals surface area contributed by atoms with Crippen LogP contribution in [0.15, 0.2) is 24.3 Å². The highest BCUT2D eigenvalue weighted by atomic mass is 35.5. The average Bonchev–Trinajstić information content (AvgIpc) is 2.65. The van der Waals surface area contributed by atoms with E-state index in [1.807, 2.05) is 17.0 Å². The maximum Gasteiger partial charge on any atom is 0.312 e. The van der Waals surface area contributed by atoms with Gasteiger partial charge in [0.1, 0.15) is 0 Å². The van der Waals surface area contributed by atoms with Gasteiger partial charge in [0.2, 0.25) is 0 Å². The smallest absolute Gasteiger partial charge is 0.312 e. The Morgan fingerprint density at radius 2 is 1.82 bits per heavy atom. The maximum absolute atomic E-state index is 13.2. The molecule has 4 saturated carbocycles. The van der Waals surface area contributed by atoms with Crippen LogP contribution in [0.1, 0.15) is 56.6 Å². The minimum Gasteiger partial charge on any atom is -0.452 e. The fourth-order valence-corrected chi connectivity index (χ4v) is 7.36. The van der Waals surface area contributed by atoms with Gasteiger partial charge < -0.3 is 9.64 Å². The summed E-state index contributed by atoms with van der Waals surface area (Å²) in [5.74, 6) is 0.796. The molecule has 4 fully saturated rings. The number of fused-ring (bicyclic) bond motifs is 1. The Morgan fingerprint density at radius 3 is 2.50 bits per heavy atom. The molecule has 6 rings (SSSR count). The van der Waals surface area contributed by atoms with Gasteiger partial charge in [0.05, 0.1) is 5.41 Å². The molecule has 1 aliphatic heterocycles. The van der Waals surface area contributed by atoms with Crippen LogP contribution < -0.4 is 0 Å². The standard InChI is InChI=1S/C23H28ClNO3/c1-15(20(26)25-7-6-18-4-2-3-5-19(18)13-25)28-21(27)22-9-16-8-17(10-22)12-23(24,11-16)14-22/h2-5,15-17H,6-14H2,1H3/t15-,16-,17+,22?,23?/m0/s1. The lowest BCUT2D eigenvalue weighted by Crippen LogP contribution is -2.57. The summed E-state index contributed by atoms with van der Waals surface area (Å²) in [7, 11) is 0. The van der Waals surface area contributed by atoms with Crippen molar-refractivity contribution in [3.8, 4) is 0 Å². The molecule has 5 heteroatoms. The number of hydrogen-bond acceptors (Lipinski definition) is 3. The van der Waals surface area contributed by atoms with Crippen LogP contribution in [-0.2, 0) is 27.3 Å². The van der Waals surface area contributed by atoms with E-state index in [4.69, 9.17) is 16.3 Å². The van der Waals surface area contributed by atoms with Crippen molar-refractivity contribution in [3.05, 3.63) is 35.4 Å². The van der Waals surface area contributed by atoms with Gasteiger partial charge in [0.25, 0.3) is 5.91 Å². The number of halogens is 1. The summed E-state index contributed by atoms with van der Waals surface area (Å²) in [6, 6.07) is 8.23. The van der Waals surface area contributed by atoms with E-state index in [-0.39, 0.29) is 16.8 Å². The molecular weight excluding hydrogens is 374 g/mol. The first kappa shape index (κ1) is 18.5. The second-order valence-corrected chi connectivity index (χ2v) is 10.5. The third-order valence-corrected chi connectivity index (χ3v) is 7.94. The van der Waals surface area contributed by atoms with E-state index in [2.05, 4.69) is 12.1 Å². The first-order valence-corrected chi connectivity index (χ1v) is 11.0. The van der Waals surface area contributed by atoms with E-state index < -0.39 is 11.5 Å². The molecule has 0 aromatic heterocycles. The minimum absolute atomic E-state index is 0.0897. The van der Waals surface area contributed by atoms with Crippen molar-refractivity contribution in [2.75, 3.05) is 6.54 Å². The van der Waals surface area contributed by atoms with Crippen LogP contribution in [-0.4, -0.2) is 34.3 Å². The van der Waals surface area contributed by atoms with Crippen LogP contribution >= 0.6 is 11.6 Å². The Balaban J connectivity index is 1.26. The number of esters is 1. The third-order valence-electron chi connectivity index (χ3n) is 7.50. The zero-order chi connectivity index (χ0) is 19.5. The molecule has 0 spiro atoms. The summed E-state index contributed by atoms with van der Waals surface area (Å²) >= 11 is 6.85. The zero-order valence-corrected chi connectivity index (χ0v) is 17.2. The normalized spacial score (nSPS) is 36.7. The summed E-state index contributed by atoms with van der Waals surface area (Å²) in [6.45, 7) is 2.99. The molecule has 0 saturated heterocycles. The van der Waals surface area contributed by atoms with Crippen molar-refractivity contribution >= 4 is 23.5 Å². The van der Waals surface area contributed by atoms with E-state index in [1.165, 1.54) is 17.5 Å². The number of rotatable bonds is 3. The van der Waals surface area contributed by atoms with Crippen molar-refractivity contribution in [1.29, 1.82) is 0 Å². The second kappa shape index (κ2) is 6.48. The average molecular weight is 402 g/mol. The quantitative estimate of drug-likeness (QED) is 0.566. The molecule has 1 aromatic rings. The molecule has 1 heterocycles. The molecule has 1 amide bonds. The van der Waals surface area contributed by atoms with Gasteiger partial charge in [-0.15, -0.1) is 11.6 Å². The molecule has 4 aliphatic carbocycles. The molecule has 5 aliphatic rings. The number of carbonyl (C=O) groups excluding carboxylic acids is 2. The third kappa shape index (κ3) is 3.04. The largest absolute Gasteiger partial charge is 0.452 e. The highest BCUT2D eigenvalue weighted by molar-refractivity contribution is 6.24. The van der Waals surface area contributed by atoms with Crippen LogP contribution in [0.3, 0.4) is 0 Å². The number of hydrogen-bond donors (Lipinski definition) is 0. The van der Waals surface area contributed by atoms with Crippen molar-refractivity contribution in [3.63, 3.8) is 0 Å². The van der Waals surface area contributed by atoms with E-state index in [0.717, 1.165) is 32.1 Å². The summed E-state index contributed by atoms with van der Waals surface area (Å²) < 4.78 is 5.79. The molecule has 1 aromatic carbocycles. The summed E-state index contributed by atoms with van der Waals surface area (Å²) in [4.78, 5) is 27.7. The predicted molar refractivity (Wildman–Crippen MR) is 107 cm³/mol. The number of alkyl halides is 1. The first-order chi connectivity index (χ1) is 13.4. The van der Waals surface area contributed by atoms with Crippen molar-refractivity contribution in [2.24, 2.45) is 17.3 Å². The van der Waals surface area contributed by atoms with Crippen LogP contribution in [0.4, 0.5) is 0 Å². The van der Waals surface area contributed by atoms with Gasteiger partial charge in [-0.05, 0) is 74.8 Å². The van der Waals surface area contributed by atoms with Gasteiger partial charge in [0.15, 0.2) is 6.10 Å². The molecule has 28 heavy (non-hydrogen) atoms. The van der Waals surface area contributed by atoms with Gasteiger partial charge in [0, 0.05) is 18.0 Å². The summed E-state index contributed by atoms with van der Waals surface area (Å²) in [6.07, 6.45) is 5.85. The van der Waals surface area contributed by atoms with Crippen LogP contribution in [0, 0.1) is 17.3 Å². The van der Waals surface area contributed by atoms with Gasteiger partial charge in [-0.1, -0.05) is 24.3 Å². The molecule has 5 atom stereocenters. The van der Waals surface area contributed by atoms with E-state index in [1.54, 1.807) is 6.92 Å². The SMILES string of the molecule is C[C@H](OC(=O)C12C[C@@H]3C[C@@H](CC(Cl)(C3)C1)C2)C(=O)N1CCc2ccccc2C1. The number of nitrogens with zero attached hydrogens (tertiary/aromatic N) is 1. The zero-order valence-electron chi connectivity index (χ0n) is 16.5. The van der Waals surface area contributed by atoms with E-state index in [0.29, 0.717) is 31.3 Å². The highest BCUT2D eigenvalue weighted by Gasteiger charge is 2.61. The molecule has 150 valence electrons. The molecular formula is C23H28ClNO3. The molecule has 2 unspecified atom stereocenters. The minimum atomic E-state index is -0.739. The van der Waals surface area contributed by atoms with Crippen molar-refractivity contribution in [1.82, 2.24) is 4.90 Å². The van der Waals surface area contributed by atoms with Crippen LogP contribution in [0.2, 0.25) is 0 Å². The Labute approximate surface area is 171 Å². The van der Waals surface area contributed by atoms with Gasteiger partial charge in [-0.2, -0.15) is 0 Å². The number of carbonyl (C=O) groups is 2. The lowest BCUT2D eigenvalue weighted by molar-refractivity contribution is -0.179. The monoisotopic (exact) mass is 401 g/mol. The van der Waals surface area contributed by atoms with Crippen LogP contribution in [0.25, 0.3) is 0 Å². The van der Waals surface area contributed by atoms with Crippen molar-refractivity contribution in [2.45, 2.75) is 69.4 Å². The lowest BCUT2D eigenvalue weighted by atomic mass is 9.49. The Morgan fingerprint density at radius 1 is 1.14 bits per heavy atom. The Kier molecular flexibility index (Phi) is 4.28. The fraction of sp³-hybridized carbons (Fsp3) is 0.652. The highest BCUT2D eigenvalue weighted by Crippen LogP contribution is 2.64. The number of ether oxygens (including phenoxy) is 1. The first-order valence-electron chi connectivity index (χ1n) is 10.6. The Hall–Kier alpha value is -1.55. The van der Waals surface area contributed by atoms with Crippen LogP contribution in [0.5, 0.6) is 0 Å². The second-order valence-electron chi connectivity index (χ2n) is 9.72. The van der Waals surface area contributed by atoms with Crippen molar-refractivity contribution < 1.29 is 14.3 Å².